The van der Waals surface area contributed by atoms with Gasteiger partial charge < -0.3 is 19.9 Å². The Labute approximate surface area is 137 Å². The van der Waals surface area contributed by atoms with Crippen molar-refractivity contribution in [2.45, 2.75) is 26.4 Å². The van der Waals surface area contributed by atoms with Gasteiger partial charge >= 0.3 is 0 Å². The smallest absolute Gasteiger partial charge is 0.191 e. The zero-order valence-corrected chi connectivity index (χ0v) is 14.0. The molecule has 0 bridgehead atoms. The number of rotatable bonds is 7. The summed E-state index contributed by atoms with van der Waals surface area (Å²) in [6.45, 7) is 6.15. The van der Waals surface area contributed by atoms with Gasteiger partial charge in [0.05, 0.1) is 25.2 Å². The number of imidazole rings is 1. The van der Waals surface area contributed by atoms with Gasteiger partial charge in [-0.1, -0.05) is 18.2 Å². The van der Waals surface area contributed by atoms with Crippen LogP contribution in [0.3, 0.4) is 0 Å². The standard InChI is InChI=1S/C17H25N5O/c1-4-19-17(21-14(2)12-23-3)20-11-15-7-5-6-8-16(15)22-10-9-18-13-22/h5-10,13-14H,4,11-12H2,1-3H3,(H2,19,20,21). The van der Waals surface area contributed by atoms with Gasteiger partial charge in [-0.2, -0.15) is 0 Å². The molecule has 2 N–H and O–H groups in total. The van der Waals surface area contributed by atoms with E-state index in [4.69, 9.17) is 4.74 Å². The SMILES string of the molecule is CCNC(=NCc1ccccc1-n1ccnc1)NC(C)COC. The van der Waals surface area contributed by atoms with Gasteiger partial charge in [0.15, 0.2) is 5.96 Å². The van der Waals surface area contributed by atoms with Crippen LogP contribution in [-0.2, 0) is 11.3 Å². The van der Waals surface area contributed by atoms with Crippen molar-refractivity contribution in [1.29, 1.82) is 0 Å². The van der Waals surface area contributed by atoms with Gasteiger partial charge in [0.25, 0.3) is 0 Å². The first-order valence-electron chi connectivity index (χ1n) is 7.84. The molecule has 1 aromatic heterocycles. The lowest BCUT2D eigenvalue weighted by Gasteiger charge is -2.17. The topological polar surface area (TPSA) is 63.5 Å². The molecule has 1 aromatic carbocycles. The van der Waals surface area contributed by atoms with Crippen LogP contribution in [0.5, 0.6) is 0 Å². The molecule has 0 saturated carbocycles. The van der Waals surface area contributed by atoms with Crippen molar-refractivity contribution < 1.29 is 4.74 Å². The lowest BCUT2D eigenvalue weighted by molar-refractivity contribution is 0.179. The maximum atomic E-state index is 5.16. The highest BCUT2D eigenvalue weighted by Gasteiger charge is 2.06. The maximum Gasteiger partial charge on any atom is 0.191 e. The van der Waals surface area contributed by atoms with E-state index in [-0.39, 0.29) is 6.04 Å². The van der Waals surface area contributed by atoms with E-state index in [1.165, 1.54) is 0 Å². The Kier molecular flexibility index (Phi) is 6.62. The van der Waals surface area contributed by atoms with E-state index in [0.717, 1.165) is 23.8 Å². The third kappa shape index (κ3) is 5.10. The number of ether oxygens (including phenoxy) is 1. The molecule has 0 aliphatic rings. The van der Waals surface area contributed by atoms with E-state index in [2.05, 4.69) is 46.6 Å². The van der Waals surface area contributed by atoms with Crippen molar-refractivity contribution in [2.24, 2.45) is 4.99 Å². The van der Waals surface area contributed by atoms with Crippen LogP contribution in [-0.4, -0.2) is 41.8 Å². The van der Waals surface area contributed by atoms with Gasteiger partial charge in [0.1, 0.15) is 0 Å². The van der Waals surface area contributed by atoms with Crippen LogP contribution in [0.15, 0.2) is 48.0 Å². The third-order valence-corrected chi connectivity index (χ3v) is 3.33. The number of para-hydroxylation sites is 1. The number of hydrogen-bond acceptors (Lipinski definition) is 3. The van der Waals surface area contributed by atoms with E-state index >= 15 is 0 Å². The molecule has 2 rings (SSSR count). The number of guanidine groups is 1. The average Bonchev–Trinajstić information content (AvgIpc) is 3.07. The lowest BCUT2D eigenvalue weighted by atomic mass is 10.2. The van der Waals surface area contributed by atoms with Crippen molar-refractivity contribution in [3.63, 3.8) is 0 Å². The Bertz CT molecular complexity index is 609. The molecule has 0 amide bonds. The van der Waals surface area contributed by atoms with Gasteiger partial charge in [0, 0.05) is 32.1 Å². The second kappa shape index (κ2) is 8.95. The predicted octanol–water partition coefficient (Wildman–Crippen LogP) is 1.96. The monoisotopic (exact) mass is 315 g/mol. The van der Waals surface area contributed by atoms with E-state index < -0.39 is 0 Å². The largest absolute Gasteiger partial charge is 0.383 e. The summed E-state index contributed by atoms with van der Waals surface area (Å²) in [5.41, 5.74) is 2.23. The molecule has 0 spiro atoms. The summed E-state index contributed by atoms with van der Waals surface area (Å²) in [5, 5.41) is 6.60. The Morgan fingerprint density at radius 2 is 2.22 bits per heavy atom. The van der Waals surface area contributed by atoms with E-state index in [1.807, 2.05) is 22.9 Å². The number of benzene rings is 1. The predicted molar refractivity (Wildman–Crippen MR) is 92.9 cm³/mol. The van der Waals surface area contributed by atoms with E-state index in [1.54, 1.807) is 19.6 Å². The molecule has 1 atom stereocenters. The van der Waals surface area contributed by atoms with Crippen LogP contribution in [0.25, 0.3) is 5.69 Å². The van der Waals surface area contributed by atoms with Gasteiger partial charge in [-0.05, 0) is 25.5 Å². The minimum atomic E-state index is 0.196. The van der Waals surface area contributed by atoms with Crippen molar-refractivity contribution in [2.75, 3.05) is 20.3 Å². The normalized spacial score (nSPS) is 12.9. The number of aliphatic imine (C=N–C) groups is 1. The Balaban J connectivity index is 2.13. The lowest BCUT2D eigenvalue weighted by Crippen LogP contribution is -2.43. The molecule has 1 heterocycles. The molecule has 1 unspecified atom stereocenters. The van der Waals surface area contributed by atoms with E-state index in [0.29, 0.717) is 13.2 Å². The van der Waals surface area contributed by atoms with Gasteiger partial charge in [-0.3, -0.25) is 0 Å². The fraction of sp³-hybridized carbons (Fsp3) is 0.412. The minimum absolute atomic E-state index is 0.196. The summed E-state index contributed by atoms with van der Waals surface area (Å²) in [5.74, 6) is 0.789. The van der Waals surface area contributed by atoms with Crippen molar-refractivity contribution in [3.05, 3.63) is 48.5 Å². The molecule has 23 heavy (non-hydrogen) atoms. The number of nitrogens with zero attached hydrogens (tertiary/aromatic N) is 3. The van der Waals surface area contributed by atoms with Crippen LogP contribution >= 0.6 is 0 Å². The van der Waals surface area contributed by atoms with Crippen LogP contribution in [0, 0.1) is 0 Å². The summed E-state index contributed by atoms with van der Waals surface area (Å²) in [7, 11) is 1.70. The van der Waals surface area contributed by atoms with Crippen molar-refractivity contribution in [3.8, 4) is 5.69 Å². The second-order valence-corrected chi connectivity index (χ2v) is 5.29. The van der Waals surface area contributed by atoms with Gasteiger partial charge in [0.2, 0.25) is 0 Å². The molecular formula is C17H25N5O. The number of aromatic nitrogens is 2. The highest BCUT2D eigenvalue weighted by Crippen LogP contribution is 2.14. The average molecular weight is 315 g/mol. The summed E-state index contributed by atoms with van der Waals surface area (Å²) >= 11 is 0. The van der Waals surface area contributed by atoms with Gasteiger partial charge in [-0.25, -0.2) is 9.98 Å². The molecule has 124 valence electrons. The first-order valence-corrected chi connectivity index (χ1v) is 7.84. The summed E-state index contributed by atoms with van der Waals surface area (Å²) in [6.07, 6.45) is 5.51. The maximum absolute atomic E-state index is 5.16. The number of nitrogens with one attached hydrogen (secondary N) is 2. The molecule has 6 heteroatoms. The van der Waals surface area contributed by atoms with Crippen LogP contribution in [0.4, 0.5) is 0 Å². The summed E-state index contributed by atoms with van der Waals surface area (Å²) < 4.78 is 7.16. The van der Waals surface area contributed by atoms with Crippen molar-refractivity contribution in [1.82, 2.24) is 20.2 Å². The fourth-order valence-corrected chi connectivity index (χ4v) is 2.31. The Hall–Kier alpha value is -2.34. The third-order valence-electron chi connectivity index (χ3n) is 3.33. The molecule has 0 aliphatic heterocycles. The van der Waals surface area contributed by atoms with Crippen molar-refractivity contribution >= 4 is 5.96 Å². The number of hydrogen-bond donors (Lipinski definition) is 2. The Morgan fingerprint density at radius 1 is 1.39 bits per heavy atom. The van der Waals surface area contributed by atoms with Crippen LogP contribution in [0.2, 0.25) is 0 Å². The Morgan fingerprint density at radius 3 is 2.91 bits per heavy atom. The highest BCUT2D eigenvalue weighted by molar-refractivity contribution is 5.80. The zero-order chi connectivity index (χ0) is 16.5. The number of methoxy groups -OCH3 is 1. The molecule has 0 saturated heterocycles. The van der Waals surface area contributed by atoms with Crippen LogP contribution in [0.1, 0.15) is 19.4 Å². The first kappa shape index (κ1) is 17.0. The summed E-state index contributed by atoms with van der Waals surface area (Å²) in [4.78, 5) is 8.79. The van der Waals surface area contributed by atoms with Crippen LogP contribution < -0.4 is 10.6 Å². The second-order valence-electron chi connectivity index (χ2n) is 5.29. The molecular weight excluding hydrogens is 290 g/mol. The molecule has 0 radical (unpaired) electrons. The fourth-order valence-electron chi connectivity index (χ4n) is 2.31. The zero-order valence-electron chi connectivity index (χ0n) is 14.0. The molecule has 0 aliphatic carbocycles. The molecule has 0 fully saturated rings. The highest BCUT2D eigenvalue weighted by atomic mass is 16.5. The quantitative estimate of drug-likeness (QED) is 0.606. The molecule has 6 nitrogen and oxygen atoms in total. The first-order chi connectivity index (χ1) is 11.2. The minimum Gasteiger partial charge on any atom is -0.383 e. The van der Waals surface area contributed by atoms with Gasteiger partial charge in [-0.15, -0.1) is 0 Å². The summed E-state index contributed by atoms with van der Waals surface area (Å²) in [6, 6.07) is 8.40. The van der Waals surface area contributed by atoms with E-state index in [9.17, 15) is 0 Å². The molecule has 2 aromatic rings.